The summed E-state index contributed by atoms with van der Waals surface area (Å²) in [5.74, 6) is 1.19. The summed E-state index contributed by atoms with van der Waals surface area (Å²) in [7, 11) is 1.86. The van der Waals surface area contributed by atoms with Gasteiger partial charge in [0.05, 0.1) is 12.1 Å². The molecule has 0 spiro atoms. The number of aliphatic hydroxyl groups excluding tert-OH is 1. The number of hydrogen-bond donors (Lipinski definition) is 3. The van der Waals surface area contributed by atoms with Crippen LogP contribution >= 0.6 is 11.8 Å². The highest BCUT2D eigenvalue weighted by atomic mass is 32.2. The van der Waals surface area contributed by atoms with Crippen LogP contribution in [-0.2, 0) is 19.3 Å². The summed E-state index contributed by atoms with van der Waals surface area (Å²) < 4.78 is 0. The SMILES string of the molecule is C.C.C.CCC(O)CC.CCCCC.CCc1[nH]c2ccccc2c1C(=O)[C@H](CCSC)NC.CCc1ccccc1CC. The maximum atomic E-state index is 12.8. The zero-order valence-electron chi connectivity index (χ0n) is 27.6. The monoisotopic (exact) mass is 633 g/mol. The molecule has 1 heterocycles. The molecule has 0 saturated carbocycles. The first-order chi connectivity index (χ1) is 19.8. The number of thioether (sulfide) groups is 1. The minimum absolute atomic E-state index is 0. The lowest BCUT2D eigenvalue weighted by atomic mass is 9.98. The molecule has 3 aromatic rings. The Bertz CT molecular complexity index is 1030. The van der Waals surface area contributed by atoms with Gasteiger partial charge >= 0.3 is 0 Å². The lowest BCUT2D eigenvalue weighted by molar-refractivity contribution is 0.0946. The molecule has 2 aromatic carbocycles. The number of carbonyl (C=O) groups is 1. The average molecular weight is 633 g/mol. The van der Waals surface area contributed by atoms with Crippen LogP contribution in [0.2, 0.25) is 0 Å². The molecular formula is C39H72N2O2S. The summed E-state index contributed by atoms with van der Waals surface area (Å²) in [5.41, 5.74) is 5.94. The van der Waals surface area contributed by atoms with Gasteiger partial charge in [0.25, 0.3) is 0 Å². The van der Waals surface area contributed by atoms with Gasteiger partial charge < -0.3 is 15.4 Å². The van der Waals surface area contributed by atoms with E-state index in [2.05, 4.69) is 75.4 Å². The average Bonchev–Trinajstić information content (AvgIpc) is 3.41. The summed E-state index contributed by atoms with van der Waals surface area (Å²) in [6.07, 6.45) is 11.9. The Morgan fingerprint density at radius 1 is 0.818 bits per heavy atom. The van der Waals surface area contributed by atoms with Gasteiger partial charge in [0.2, 0.25) is 0 Å². The number of benzene rings is 2. The van der Waals surface area contributed by atoms with Crippen LogP contribution < -0.4 is 5.32 Å². The lowest BCUT2D eigenvalue weighted by Gasteiger charge is -2.15. The number of aliphatic hydroxyl groups is 1. The molecule has 3 N–H and O–H groups in total. The number of Topliss-reactive ketones (excluding diaryl/α,β-unsaturated/α-hetero) is 1. The Morgan fingerprint density at radius 2 is 1.32 bits per heavy atom. The molecule has 1 aromatic heterocycles. The van der Waals surface area contributed by atoms with Crippen LogP contribution in [0.4, 0.5) is 0 Å². The Hall–Kier alpha value is -2.08. The van der Waals surface area contributed by atoms with Gasteiger partial charge in [0, 0.05) is 22.2 Å². The molecule has 0 unspecified atom stereocenters. The number of aryl methyl sites for hydroxylation is 3. The molecule has 0 aliphatic rings. The van der Waals surface area contributed by atoms with Crippen LogP contribution in [0.5, 0.6) is 0 Å². The van der Waals surface area contributed by atoms with Crippen LogP contribution in [0, 0.1) is 0 Å². The number of aromatic amines is 1. The molecule has 256 valence electrons. The number of nitrogens with one attached hydrogen (secondary N) is 2. The molecule has 1 atom stereocenters. The van der Waals surface area contributed by atoms with Crippen molar-refractivity contribution < 1.29 is 9.90 Å². The van der Waals surface area contributed by atoms with Crippen molar-refractivity contribution in [1.82, 2.24) is 10.3 Å². The van der Waals surface area contributed by atoms with E-state index in [4.69, 9.17) is 5.11 Å². The normalized spacial score (nSPS) is 10.3. The number of rotatable bonds is 13. The van der Waals surface area contributed by atoms with Crippen LogP contribution in [0.25, 0.3) is 10.9 Å². The summed E-state index contributed by atoms with van der Waals surface area (Å²) in [5, 5.41) is 12.9. The fourth-order valence-corrected chi connectivity index (χ4v) is 4.92. The molecule has 44 heavy (non-hydrogen) atoms. The minimum Gasteiger partial charge on any atom is -0.393 e. The van der Waals surface area contributed by atoms with E-state index >= 15 is 0 Å². The Balaban J connectivity index is -0.000000281. The number of unbranched alkanes of at least 4 members (excludes halogenated alkanes) is 2. The van der Waals surface area contributed by atoms with Crippen molar-refractivity contribution in [2.75, 3.05) is 19.1 Å². The molecule has 0 bridgehead atoms. The van der Waals surface area contributed by atoms with E-state index in [0.29, 0.717) is 0 Å². The van der Waals surface area contributed by atoms with Crippen LogP contribution in [0.1, 0.15) is 136 Å². The van der Waals surface area contributed by atoms with Gasteiger partial charge in [0.1, 0.15) is 0 Å². The van der Waals surface area contributed by atoms with Crippen molar-refractivity contribution >= 4 is 28.4 Å². The standard InChI is InChI=1S/C16H22N2OS.C10H14.C5H12O.C5H12.3CH4/c1-4-12-15(11-7-5-6-8-13(11)18-12)16(19)14(17-2)9-10-20-3;1-3-9-7-5-6-8-10(9)4-2;1-3-5(6)4-2;1-3-5-4-2;;;/h5-8,14,17-18H,4,9-10H2,1-3H3;5-8H,3-4H2,1-2H3;5-6H,3-4H2,1-2H3;3-5H2,1-2H3;3*1H4/t14-;;;;;;/m0....../s1. The van der Waals surface area contributed by atoms with Gasteiger partial charge in [-0.15, -0.1) is 0 Å². The molecule has 0 amide bonds. The molecule has 5 heteroatoms. The van der Waals surface area contributed by atoms with Gasteiger partial charge in [-0.25, -0.2) is 0 Å². The van der Waals surface area contributed by atoms with Crippen molar-refractivity contribution in [1.29, 1.82) is 0 Å². The van der Waals surface area contributed by atoms with Crippen LogP contribution in [0.3, 0.4) is 0 Å². The van der Waals surface area contributed by atoms with Gasteiger partial charge in [0.15, 0.2) is 5.78 Å². The molecule has 4 nitrogen and oxygen atoms in total. The third-order valence-corrected chi connectivity index (χ3v) is 7.83. The largest absolute Gasteiger partial charge is 0.393 e. The quantitative estimate of drug-likeness (QED) is 0.164. The number of ketones is 1. The molecule has 0 aliphatic heterocycles. The minimum atomic E-state index is -0.105. The third-order valence-electron chi connectivity index (χ3n) is 7.19. The van der Waals surface area contributed by atoms with Crippen molar-refractivity contribution in [2.45, 2.75) is 141 Å². The fourth-order valence-electron chi connectivity index (χ4n) is 4.45. The smallest absolute Gasteiger partial charge is 0.182 e. The highest BCUT2D eigenvalue weighted by Crippen LogP contribution is 2.25. The van der Waals surface area contributed by atoms with Crippen LogP contribution in [0.15, 0.2) is 48.5 Å². The van der Waals surface area contributed by atoms with E-state index in [1.165, 1.54) is 30.4 Å². The molecular weight excluding hydrogens is 561 g/mol. The molecule has 0 radical (unpaired) electrons. The number of H-pyrrole nitrogens is 1. The van der Waals surface area contributed by atoms with Crippen molar-refractivity contribution in [2.24, 2.45) is 0 Å². The molecule has 0 aliphatic carbocycles. The van der Waals surface area contributed by atoms with Gasteiger partial charge in [-0.05, 0) is 74.8 Å². The van der Waals surface area contributed by atoms with E-state index in [1.807, 2.05) is 45.2 Å². The number of hydrogen-bond acceptors (Lipinski definition) is 4. The Morgan fingerprint density at radius 3 is 1.68 bits per heavy atom. The Labute approximate surface area is 278 Å². The lowest BCUT2D eigenvalue weighted by Crippen LogP contribution is -2.35. The van der Waals surface area contributed by atoms with E-state index in [1.54, 1.807) is 11.8 Å². The second-order valence-electron chi connectivity index (χ2n) is 10.2. The fraction of sp³-hybridized carbons (Fsp3) is 0.615. The van der Waals surface area contributed by atoms with Gasteiger partial charge in [-0.3, -0.25) is 4.79 Å². The van der Waals surface area contributed by atoms with E-state index in [-0.39, 0.29) is 40.2 Å². The first kappa shape index (κ1) is 48.8. The van der Waals surface area contributed by atoms with E-state index in [0.717, 1.165) is 66.4 Å². The zero-order valence-corrected chi connectivity index (χ0v) is 28.4. The van der Waals surface area contributed by atoms with Gasteiger partial charge in [-0.2, -0.15) is 11.8 Å². The summed E-state index contributed by atoms with van der Waals surface area (Å²) in [4.78, 5) is 16.2. The van der Waals surface area contributed by atoms with Crippen molar-refractivity contribution in [3.63, 3.8) is 0 Å². The predicted molar refractivity (Wildman–Crippen MR) is 205 cm³/mol. The van der Waals surface area contributed by atoms with Crippen LogP contribution in [-0.4, -0.2) is 47.1 Å². The maximum absolute atomic E-state index is 12.8. The topological polar surface area (TPSA) is 65.1 Å². The molecule has 3 rings (SSSR count). The first-order valence-corrected chi connectivity index (χ1v) is 17.3. The summed E-state index contributed by atoms with van der Waals surface area (Å²) in [6, 6.07) is 16.6. The van der Waals surface area contributed by atoms with E-state index < -0.39 is 0 Å². The summed E-state index contributed by atoms with van der Waals surface area (Å²) in [6.45, 7) is 14.9. The number of likely N-dealkylation sites (N-methyl/N-ethyl adjacent to an activating group) is 1. The zero-order chi connectivity index (χ0) is 31.0. The summed E-state index contributed by atoms with van der Waals surface area (Å²) >= 11 is 1.77. The number of para-hydroxylation sites is 1. The number of aromatic nitrogens is 1. The Kier molecular flexibility index (Phi) is 34.3. The molecule has 0 saturated heterocycles. The highest BCUT2D eigenvalue weighted by molar-refractivity contribution is 7.98. The maximum Gasteiger partial charge on any atom is 0.182 e. The predicted octanol–water partition coefficient (Wildman–Crippen LogP) is 11.3. The first-order valence-electron chi connectivity index (χ1n) is 15.9. The third kappa shape index (κ3) is 18.0. The molecule has 0 fully saturated rings. The van der Waals surface area contributed by atoms with E-state index in [9.17, 15) is 4.79 Å². The van der Waals surface area contributed by atoms with Crippen molar-refractivity contribution in [3.05, 3.63) is 70.9 Å². The number of fused-ring (bicyclic) bond motifs is 1. The highest BCUT2D eigenvalue weighted by Gasteiger charge is 2.23. The van der Waals surface area contributed by atoms with Gasteiger partial charge in [-0.1, -0.05) is 132 Å². The van der Waals surface area contributed by atoms with Crippen molar-refractivity contribution in [3.8, 4) is 0 Å². The number of carbonyl (C=O) groups excluding carboxylic acids is 1. The second kappa shape index (κ2) is 30.9. The second-order valence-corrected chi connectivity index (χ2v) is 11.1.